The third kappa shape index (κ3) is 23.4. The maximum Gasteiger partial charge on any atom is 0.325 e. The zero-order valence-electron chi connectivity index (χ0n) is 20.9. The highest BCUT2D eigenvalue weighted by atomic mass is 16.4. The molecule has 0 saturated heterocycles. The van der Waals surface area contributed by atoms with Crippen molar-refractivity contribution in [3.8, 4) is 0 Å². The first-order valence-corrected chi connectivity index (χ1v) is 13.6. The van der Waals surface area contributed by atoms with Crippen molar-refractivity contribution in [3.05, 3.63) is 0 Å². The van der Waals surface area contributed by atoms with Gasteiger partial charge in [0.05, 0.1) is 0 Å². The van der Waals surface area contributed by atoms with Crippen LogP contribution in [0.1, 0.15) is 155 Å². The molecule has 4 nitrogen and oxygen atoms in total. The van der Waals surface area contributed by atoms with E-state index in [-0.39, 0.29) is 5.91 Å². The Hall–Kier alpha value is -1.06. The third-order valence-corrected chi connectivity index (χ3v) is 6.26. The fraction of sp³-hybridized carbons (Fsp3) is 0.926. The van der Waals surface area contributed by atoms with E-state index in [4.69, 9.17) is 5.11 Å². The quantitative estimate of drug-likeness (QED) is 0.149. The van der Waals surface area contributed by atoms with Gasteiger partial charge in [-0.1, -0.05) is 135 Å². The van der Waals surface area contributed by atoms with Gasteiger partial charge in [-0.15, -0.1) is 0 Å². The molecular weight excluding hydrogens is 386 g/mol. The van der Waals surface area contributed by atoms with Crippen molar-refractivity contribution >= 4 is 11.9 Å². The van der Waals surface area contributed by atoms with Gasteiger partial charge in [0.25, 0.3) is 0 Å². The summed E-state index contributed by atoms with van der Waals surface area (Å²) in [5.41, 5.74) is 0. The van der Waals surface area contributed by atoms with Crippen LogP contribution in [-0.2, 0) is 9.59 Å². The van der Waals surface area contributed by atoms with Crippen LogP contribution in [0.5, 0.6) is 0 Å². The van der Waals surface area contributed by atoms with E-state index in [2.05, 4.69) is 12.2 Å². The molecule has 0 radical (unpaired) electrons. The zero-order chi connectivity index (χ0) is 23.0. The van der Waals surface area contributed by atoms with E-state index < -0.39 is 12.0 Å². The second-order valence-electron chi connectivity index (χ2n) is 9.45. The number of carboxylic acids is 1. The van der Waals surface area contributed by atoms with Gasteiger partial charge >= 0.3 is 5.97 Å². The van der Waals surface area contributed by atoms with Crippen molar-refractivity contribution in [2.45, 2.75) is 161 Å². The van der Waals surface area contributed by atoms with Gasteiger partial charge in [-0.2, -0.15) is 0 Å². The molecule has 0 aromatic rings. The van der Waals surface area contributed by atoms with E-state index in [1.54, 1.807) is 0 Å². The SMILES string of the molecule is CCCCCCCCCCCCCCCCCCCCCCCC(=O)N[C@@H](C)C(=O)O. The molecule has 1 atom stereocenters. The number of aliphatic carboxylic acids is 1. The fourth-order valence-electron chi connectivity index (χ4n) is 4.09. The first kappa shape index (κ1) is 29.9. The van der Waals surface area contributed by atoms with Crippen LogP contribution in [0.3, 0.4) is 0 Å². The van der Waals surface area contributed by atoms with Gasteiger partial charge < -0.3 is 10.4 Å². The van der Waals surface area contributed by atoms with Crippen LogP contribution < -0.4 is 5.32 Å². The molecule has 2 N–H and O–H groups in total. The summed E-state index contributed by atoms with van der Waals surface area (Å²) >= 11 is 0. The number of rotatable bonds is 24. The highest BCUT2D eigenvalue weighted by Gasteiger charge is 2.13. The van der Waals surface area contributed by atoms with E-state index >= 15 is 0 Å². The van der Waals surface area contributed by atoms with E-state index in [9.17, 15) is 9.59 Å². The normalized spacial score (nSPS) is 12.1. The smallest absolute Gasteiger partial charge is 0.325 e. The highest BCUT2D eigenvalue weighted by Crippen LogP contribution is 2.15. The minimum atomic E-state index is -0.979. The Kier molecular flexibility index (Phi) is 22.8. The van der Waals surface area contributed by atoms with Gasteiger partial charge in [0, 0.05) is 6.42 Å². The molecule has 0 unspecified atom stereocenters. The molecule has 0 rings (SSSR count). The van der Waals surface area contributed by atoms with Gasteiger partial charge in [0.2, 0.25) is 5.91 Å². The number of unbranched alkanes of at least 4 members (excludes halogenated alkanes) is 20. The molecule has 0 aliphatic carbocycles. The van der Waals surface area contributed by atoms with Gasteiger partial charge in [0.1, 0.15) is 6.04 Å². The molecular formula is C27H53NO3. The lowest BCUT2D eigenvalue weighted by atomic mass is 10.0. The number of carboxylic acid groups (broad SMARTS) is 1. The van der Waals surface area contributed by atoms with E-state index in [1.807, 2.05) is 0 Å². The molecule has 0 aromatic carbocycles. The summed E-state index contributed by atoms with van der Waals surface area (Å²) in [6, 6.07) is -0.789. The Balaban J connectivity index is 3.14. The Labute approximate surface area is 193 Å². The van der Waals surface area contributed by atoms with Gasteiger partial charge in [-0.3, -0.25) is 9.59 Å². The minimum Gasteiger partial charge on any atom is -0.480 e. The predicted molar refractivity (Wildman–Crippen MR) is 132 cm³/mol. The summed E-state index contributed by atoms with van der Waals surface area (Å²) in [4.78, 5) is 22.3. The van der Waals surface area contributed by atoms with Crippen molar-refractivity contribution in [1.82, 2.24) is 5.32 Å². The first-order valence-electron chi connectivity index (χ1n) is 13.6. The summed E-state index contributed by atoms with van der Waals surface area (Å²) in [6.45, 7) is 3.78. The second-order valence-corrected chi connectivity index (χ2v) is 9.45. The summed E-state index contributed by atoms with van der Waals surface area (Å²) in [5, 5.41) is 11.3. The number of hydrogen-bond donors (Lipinski definition) is 2. The predicted octanol–water partition coefficient (Wildman–Crippen LogP) is 8.18. The topological polar surface area (TPSA) is 66.4 Å². The summed E-state index contributed by atoms with van der Waals surface area (Å²) in [6.07, 6.45) is 28.8. The van der Waals surface area contributed by atoms with Gasteiger partial charge in [-0.05, 0) is 13.3 Å². The molecule has 0 fully saturated rings. The molecule has 4 heteroatoms. The van der Waals surface area contributed by atoms with E-state index in [0.717, 1.165) is 12.8 Å². The van der Waals surface area contributed by atoms with E-state index in [0.29, 0.717) is 6.42 Å². The zero-order valence-corrected chi connectivity index (χ0v) is 20.9. The summed E-state index contributed by atoms with van der Waals surface area (Å²) in [7, 11) is 0. The maximum absolute atomic E-state index is 11.6. The standard InChI is InChI=1S/C27H53NO3/c1-3-4-5-6-7-8-9-10-11-12-13-14-15-16-17-18-19-20-21-22-23-24-26(29)28-25(2)27(30)31/h25H,3-24H2,1-2H3,(H,28,29)(H,30,31)/t25-/m0/s1. The maximum atomic E-state index is 11.6. The Bertz CT molecular complexity index is 411. The lowest BCUT2D eigenvalue weighted by Crippen LogP contribution is -2.38. The molecule has 0 heterocycles. The number of hydrogen-bond acceptors (Lipinski definition) is 2. The number of carbonyl (C=O) groups excluding carboxylic acids is 1. The van der Waals surface area contributed by atoms with Crippen LogP contribution in [0.25, 0.3) is 0 Å². The van der Waals surface area contributed by atoms with Crippen molar-refractivity contribution in [2.75, 3.05) is 0 Å². The lowest BCUT2D eigenvalue weighted by Gasteiger charge is -2.08. The van der Waals surface area contributed by atoms with Crippen molar-refractivity contribution < 1.29 is 14.7 Å². The Morgan fingerprint density at radius 2 is 0.871 bits per heavy atom. The van der Waals surface area contributed by atoms with Crippen LogP contribution in [0.2, 0.25) is 0 Å². The molecule has 0 bridgehead atoms. The Morgan fingerprint density at radius 3 is 1.16 bits per heavy atom. The number of carbonyl (C=O) groups is 2. The van der Waals surface area contributed by atoms with Crippen LogP contribution in [0.4, 0.5) is 0 Å². The largest absolute Gasteiger partial charge is 0.480 e. The Morgan fingerprint density at radius 1 is 0.581 bits per heavy atom. The highest BCUT2D eigenvalue weighted by molar-refractivity contribution is 5.83. The summed E-state index contributed by atoms with van der Waals surface area (Å²) in [5.74, 6) is -1.13. The lowest BCUT2D eigenvalue weighted by molar-refractivity contribution is -0.141. The van der Waals surface area contributed by atoms with Crippen molar-refractivity contribution in [2.24, 2.45) is 0 Å². The third-order valence-electron chi connectivity index (χ3n) is 6.26. The second kappa shape index (κ2) is 23.6. The molecule has 0 aliphatic heterocycles. The number of nitrogens with one attached hydrogen (secondary N) is 1. The molecule has 0 aliphatic rings. The molecule has 0 spiro atoms. The molecule has 0 saturated carbocycles. The van der Waals surface area contributed by atoms with Gasteiger partial charge in [0.15, 0.2) is 0 Å². The monoisotopic (exact) mass is 439 g/mol. The fourth-order valence-corrected chi connectivity index (χ4v) is 4.09. The van der Waals surface area contributed by atoms with Crippen LogP contribution in [0.15, 0.2) is 0 Å². The average Bonchev–Trinajstić information content (AvgIpc) is 2.74. The molecule has 31 heavy (non-hydrogen) atoms. The average molecular weight is 440 g/mol. The number of amides is 1. The van der Waals surface area contributed by atoms with Crippen molar-refractivity contribution in [1.29, 1.82) is 0 Å². The van der Waals surface area contributed by atoms with Gasteiger partial charge in [-0.25, -0.2) is 0 Å². The molecule has 1 amide bonds. The van der Waals surface area contributed by atoms with Crippen LogP contribution in [-0.4, -0.2) is 23.0 Å². The van der Waals surface area contributed by atoms with E-state index in [1.165, 1.54) is 129 Å². The summed E-state index contributed by atoms with van der Waals surface area (Å²) < 4.78 is 0. The van der Waals surface area contributed by atoms with Crippen LogP contribution >= 0.6 is 0 Å². The van der Waals surface area contributed by atoms with Crippen molar-refractivity contribution in [3.63, 3.8) is 0 Å². The molecule has 0 aromatic heterocycles. The first-order chi connectivity index (χ1) is 15.1. The van der Waals surface area contributed by atoms with Crippen LogP contribution in [0, 0.1) is 0 Å². The molecule has 184 valence electrons. The minimum absolute atomic E-state index is 0.146.